The second-order valence-electron chi connectivity index (χ2n) is 3.31. The van der Waals surface area contributed by atoms with Crippen molar-refractivity contribution in [2.24, 2.45) is 0 Å². The van der Waals surface area contributed by atoms with Gasteiger partial charge in [0.1, 0.15) is 12.7 Å². The van der Waals surface area contributed by atoms with Crippen LogP contribution in [0.3, 0.4) is 0 Å². The van der Waals surface area contributed by atoms with E-state index >= 15 is 0 Å². The number of aryl methyl sites for hydroxylation is 2. The van der Waals surface area contributed by atoms with Gasteiger partial charge in [0.25, 0.3) is 0 Å². The van der Waals surface area contributed by atoms with Crippen LogP contribution < -0.4 is 5.32 Å². The minimum atomic E-state index is -0.277. The van der Waals surface area contributed by atoms with E-state index in [1.807, 2.05) is 0 Å². The van der Waals surface area contributed by atoms with Crippen LogP contribution in [-0.4, -0.2) is 21.2 Å². The van der Waals surface area contributed by atoms with Crippen molar-refractivity contribution in [2.45, 2.75) is 20.3 Å². The molecule has 2 aromatic heterocycles. The molecule has 7 nitrogen and oxygen atoms in total. The van der Waals surface area contributed by atoms with Crippen LogP contribution in [0.15, 0.2) is 15.3 Å². The van der Waals surface area contributed by atoms with Crippen LogP contribution in [-0.2, 0) is 11.2 Å². The molecule has 0 radical (unpaired) electrons. The Balaban J connectivity index is 1.97. The maximum Gasteiger partial charge on any atom is 0.236 e. The molecule has 2 aromatic rings. The molecule has 0 fully saturated rings. The SMILES string of the molecule is Cc1noc(CC(=O)Nc2nocc2C)n1. The third-order valence-electron chi connectivity index (χ3n) is 1.89. The lowest BCUT2D eigenvalue weighted by atomic mass is 10.3. The number of nitrogens with zero attached hydrogens (tertiary/aromatic N) is 3. The van der Waals surface area contributed by atoms with Gasteiger partial charge in [-0.3, -0.25) is 4.79 Å². The molecular formula is C9H10N4O3. The van der Waals surface area contributed by atoms with Crippen LogP contribution in [0, 0.1) is 13.8 Å². The van der Waals surface area contributed by atoms with Crippen LogP contribution in [0.5, 0.6) is 0 Å². The molecule has 0 saturated carbocycles. The van der Waals surface area contributed by atoms with E-state index in [1.54, 1.807) is 13.8 Å². The van der Waals surface area contributed by atoms with Crippen molar-refractivity contribution in [3.8, 4) is 0 Å². The van der Waals surface area contributed by atoms with E-state index in [0.717, 1.165) is 5.56 Å². The lowest BCUT2D eigenvalue weighted by Gasteiger charge is -1.98. The normalized spacial score (nSPS) is 10.4. The highest BCUT2D eigenvalue weighted by Crippen LogP contribution is 2.10. The third kappa shape index (κ3) is 2.25. The van der Waals surface area contributed by atoms with Gasteiger partial charge in [-0.15, -0.1) is 0 Å². The highest BCUT2D eigenvalue weighted by Gasteiger charge is 2.12. The van der Waals surface area contributed by atoms with E-state index in [2.05, 4.69) is 25.1 Å². The molecule has 0 aliphatic heterocycles. The van der Waals surface area contributed by atoms with Gasteiger partial charge in [0.2, 0.25) is 11.8 Å². The number of anilines is 1. The summed E-state index contributed by atoms with van der Waals surface area (Å²) in [6.45, 7) is 3.47. The molecular weight excluding hydrogens is 212 g/mol. The van der Waals surface area contributed by atoms with Gasteiger partial charge in [-0.2, -0.15) is 4.98 Å². The predicted octanol–water partition coefficient (Wildman–Crippen LogP) is 0.856. The summed E-state index contributed by atoms with van der Waals surface area (Å²) in [4.78, 5) is 15.4. The number of carbonyl (C=O) groups excluding carboxylic acids is 1. The summed E-state index contributed by atoms with van der Waals surface area (Å²) in [6, 6.07) is 0. The molecule has 2 rings (SSSR count). The molecule has 84 valence electrons. The third-order valence-corrected chi connectivity index (χ3v) is 1.89. The van der Waals surface area contributed by atoms with E-state index in [9.17, 15) is 4.79 Å². The molecule has 1 N–H and O–H groups in total. The van der Waals surface area contributed by atoms with Crippen LogP contribution in [0.25, 0.3) is 0 Å². The average molecular weight is 222 g/mol. The molecule has 0 aliphatic carbocycles. The van der Waals surface area contributed by atoms with E-state index in [-0.39, 0.29) is 18.2 Å². The molecule has 0 unspecified atom stereocenters. The Labute approximate surface area is 90.8 Å². The number of rotatable bonds is 3. The lowest BCUT2D eigenvalue weighted by Crippen LogP contribution is -2.15. The minimum absolute atomic E-state index is 0.0210. The van der Waals surface area contributed by atoms with Gasteiger partial charge >= 0.3 is 0 Å². The van der Waals surface area contributed by atoms with Crippen molar-refractivity contribution in [1.82, 2.24) is 15.3 Å². The number of carbonyl (C=O) groups is 1. The maximum atomic E-state index is 11.5. The number of aromatic nitrogens is 3. The number of hydrogen-bond donors (Lipinski definition) is 1. The second-order valence-corrected chi connectivity index (χ2v) is 3.31. The van der Waals surface area contributed by atoms with Crippen molar-refractivity contribution in [3.05, 3.63) is 23.5 Å². The zero-order chi connectivity index (χ0) is 11.5. The molecule has 0 atom stereocenters. The maximum absolute atomic E-state index is 11.5. The molecule has 0 bridgehead atoms. The highest BCUT2D eigenvalue weighted by molar-refractivity contribution is 5.91. The van der Waals surface area contributed by atoms with Crippen molar-refractivity contribution in [2.75, 3.05) is 5.32 Å². The summed E-state index contributed by atoms with van der Waals surface area (Å²) < 4.78 is 9.50. The first-order valence-electron chi connectivity index (χ1n) is 4.65. The van der Waals surface area contributed by atoms with Gasteiger partial charge in [0, 0.05) is 5.56 Å². The summed E-state index contributed by atoms with van der Waals surface area (Å²) in [7, 11) is 0. The summed E-state index contributed by atoms with van der Waals surface area (Å²) in [5.74, 6) is 0.901. The highest BCUT2D eigenvalue weighted by atomic mass is 16.5. The fourth-order valence-electron chi connectivity index (χ4n) is 1.13. The number of nitrogens with one attached hydrogen (secondary N) is 1. The van der Waals surface area contributed by atoms with Gasteiger partial charge in [-0.1, -0.05) is 10.3 Å². The van der Waals surface area contributed by atoms with Crippen molar-refractivity contribution < 1.29 is 13.8 Å². The van der Waals surface area contributed by atoms with Gasteiger partial charge in [-0.05, 0) is 13.8 Å². The molecule has 0 spiro atoms. The van der Waals surface area contributed by atoms with E-state index in [4.69, 9.17) is 4.52 Å². The summed E-state index contributed by atoms with van der Waals surface area (Å²) in [6.07, 6.45) is 1.47. The zero-order valence-electron chi connectivity index (χ0n) is 8.85. The Morgan fingerprint density at radius 1 is 1.44 bits per heavy atom. The standard InChI is InChI=1S/C9H10N4O3/c1-5-4-15-13-9(5)11-7(14)3-8-10-6(2)12-16-8/h4H,3H2,1-2H3,(H,11,13,14). The first-order chi connectivity index (χ1) is 7.65. The van der Waals surface area contributed by atoms with Crippen LogP contribution in [0.2, 0.25) is 0 Å². The van der Waals surface area contributed by atoms with Crippen molar-refractivity contribution in [3.63, 3.8) is 0 Å². The van der Waals surface area contributed by atoms with Crippen molar-refractivity contribution >= 4 is 11.7 Å². The second kappa shape index (κ2) is 4.13. The van der Waals surface area contributed by atoms with Crippen LogP contribution in [0.4, 0.5) is 5.82 Å². The quantitative estimate of drug-likeness (QED) is 0.827. The van der Waals surface area contributed by atoms with E-state index < -0.39 is 0 Å². The predicted molar refractivity (Wildman–Crippen MR) is 52.6 cm³/mol. The topological polar surface area (TPSA) is 94.1 Å². The van der Waals surface area contributed by atoms with Gasteiger partial charge in [0.15, 0.2) is 11.6 Å². The lowest BCUT2D eigenvalue weighted by molar-refractivity contribution is -0.116. The Morgan fingerprint density at radius 2 is 2.25 bits per heavy atom. The monoisotopic (exact) mass is 222 g/mol. The molecule has 0 saturated heterocycles. The Kier molecular flexibility index (Phi) is 2.67. The van der Waals surface area contributed by atoms with Crippen LogP contribution >= 0.6 is 0 Å². The Hall–Kier alpha value is -2.18. The van der Waals surface area contributed by atoms with Crippen molar-refractivity contribution in [1.29, 1.82) is 0 Å². The first-order valence-corrected chi connectivity index (χ1v) is 4.65. The zero-order valence-corrected chi connectivity index (χ0v) is 8.85. The molecule has 0 aliphatic rings. The molecule has 16 heavy (non-hydrogen) atoms. The smallest absolute Gasteiger partial charge is 0.236 e. The summed E-state index contributed by atoms with van der Waals surface area (Å²) >= 11 is 0. The van der Waals surface area contributed by atoms with Crippen LogP contribution in [0.1, 0.15) is 17.3 Å². The average Bonchev–Trinajstić information content (AvgIpc) is 2.77. The molecule has 0 aromatic carbocycles. The molecule has 2 heterocycles. The largest absolute Gasteiger partial charge is 0.362 e. The summed E-state index contributed by atoms with van der Waals surface area (Å²) in [5, 5.41) is 9.79. The Morgan fingerprint density at radius 3 is 2.81 bits per heavy atom. The fraction of sp³-hybridized carbons (Fsp3) is 0.333. The van der Waals surface area contributed by atoms with Gasteiger partial charge in [-0.25, -0.2) is 0 Å². The number of hydrogen-bond acceptors (Lipinski definition) is 6. The van der Waals surface area contributed by atoms with E-state index in [1.165, 1.54) is 6.26 Å². The van der Waals surface area contributed by atoms with E-state index in [0.29, 0.717) is 11.6 Å². The van der Waals surface area contributed by atoms with Gasteiger partial charge < -0.3 is 14.4 Å². The molecule has 1 amide bonds. The fourth-order valence-corrected chi connectivity index (χ4v) is 1.13. The number of amides is 1. The Bertz CT molecular complexity index is 502. The van der Waals surface area contributed by atoms with Gasteiger partial charge in [0.05, 0.1) is 0 Å². The summed E-state index contributed by atoms with van der Waals surface area (Å²) in [5.41, 5.74) is 0.759. The first kappa shape index (κ1) is 10.3. The minimum Gasteiger partial charge on any atom is -0.362 e. The molecule has 7 heteroatoms.